The molecule has 0 saturated heterocycles. The number of carbonyl (C=O) groups excluding carboxylic acids is 1. The quantitative estimate of drug-likeness (QED) is 0.589. The Morgan fingerprint density at radius 1 is 1.43 bits per heavy atom. The van der Waals surface area contributed by atoms with Crippen LogP contribution >= 0.6 is 0 Å². The summed E-state index contributed by atoms with van der Waals surface area (Å²) in [6, 6.07) is 4.08. The molecule has 0 radical (unpaired) electrons. The van der Waals surface area contributed by atoms with Gasteiger partial charge in [0.15, 0.2) is 0 Å². The predicted octanol–water partition coefficient (Wildman–Crippen LogP) is 2.58. The lowest BCUT2D eigenvalue weighted by Crippen LogP contribution is -1.99. The molecule has 2 heteroatoms. The van der Waals surface area contributed by atoms with Gasteiger partial charge in [-0.05, 0) is 42.5 Å². The van der Waals surface area contributed by atoms with Crippen molar-refractivity contribution >= 4 is 12.0 Å². The Bertz CT molecular complexity index is 321. The zero-order valence-corrected chi connectivity index (χ0v) is 9.00. The van der Waals surface area contributed by atoms with Gasteiger partial charge in [0, 0.05) is 12.1 Å². The van der Waals surface area contributed by atoms with E-state index in [-0.39, 0.29) is 5.92 Å². The molecule has 76 valence electrons. The highest BCUT2D eigenvalue weighted by Gasteiger charge is 2.07. The van der Waals surface area contributed by atoms with Crippen LogP contribution in [-0.4, -0.2) is 6.29 Å². The van der Waals surface area contributed by atoms with Crippen LogP contribution in [0, 0.1) is 13.8 Å². The molecule has 0 aliphatic carbocycles. The highest BCUT2D eigenvalue weighted by atomic mass is 16.1. The minimum Gasteiger partial charge on any atom is -0.398 e. The first-order valence-corrected chi connectivity index (χ1v) is 4.86. The van der Waals surface area contributed by atoms with Crippen molar-refractivity contribution in [2.24, 2.45) is 0 Å². The van der Waals surface area contributed by atoms with E-state index >= 15 is 0 Å². The molecule has 0 amide bonds. The van der Waals surface area contributed by atoms with Crippen LogP contribution < -0.4 is 5.73 Å². The number of anilines is 1. The number of aldehydes is 1. The van der Waals surface area contributed by atoms with E-state index in [2.05, 4.69) is 6.07 Å². The summed E-state index contributed by atoms with van der Waals surface area (Å²) in [5, 5.41) is 0. The molecular weight excluding hydrogens is 174 g/mol. The topological polar surface area (TPSA) is 43.1 Å². The summed E-state index contributed by atoms with van der Waals surface area (Å²) in [7, 11) is 0. The van der Waals surface area contributed by atoms with Crippen LogP contribution in [0.5, 0.6) is 0 Å². The second-order valence-corrected chi connectivity index (χ2v) is 3.86. The Balaban J connectivity index is 3.05. The molecular formula is C12H17NO. The van der Waals surface area contributed by atoms with E-state index < -0.39 is 0 Å². The molecule has 0 aliphatic heterocycles. The van der Waals surface area contributed by atoms with E-state index in [9.17, 15) is 4.79 Å². The van der Waals surface area contributed by atoms with Gasteiger partial charge in [0.2, 0.25) is 0 Å². The Morgan fingerprint density at radius 3 is 2.57 bits per heavy atom. The third-order valence-corrected chi connectivity index (χ3v) is 2.75. The molecule has 2 nitrogen and oxygen atoms in total. The third-order valence-electron chi connectivity index (χ3n) is 2.75. The monoisotopic (exact) mass is 191 g/mol. The highest BCUT2D eigenvalue weighted by molar-refractivity contribution is 5.56. The number of benzene rings is 1. The van der Waals surface area contributed by atoms with Crippen LogP contribution in [-0.2, 0) is 4.79 Å². The van der Waals surface area contributed by atoms with E-state index in [1.54, 1.807) is 0 Å². The van der Waals surface area contributed by atoms with Gasteiger partial charge in [0.05, 0.1) is 0 Å². The molecule has 0 aromatic heterocycles. The Kier molecular flexibility index (Phi) is 3.28. The minimum absolute atomic E-state index is 0.258. The first-order valence-electron chi connectivity index (χ1n) is 4.86. The molecule has 2 N–H and O–H groups in total. The second-order valence-electron chi connectivity index (χ2n) is 3.86. The molecule has 1 atom stereocenters. The van der Waals surface area contributed by atoms with E-state index in [0.717, 1.165) is 23.1 Å². The molecule has 0 heterocycles. The molecule has 1 aromatic rings. The molecule has 0 aliphatic rings. The smallest absolute Gasteiger partial charge is 0.120 e. The van der Waals surface area contributed by atoms with Crippen LogP contribution in [0.1, 0.15) is 36.0 Å². The van der Waals surface area contributed by atoms with E-state index in [1.807, 2.05) is 26.8 Å². The lowest BCUT2D eigenvalue weighted by atomic mass is 9.94. The van der Waals surface area contributed by atoms with Gasteiger partial charge in [0.25, 0.3) is 0 Å². The van der Waals surface area contributed by atoms with Crippen molar-refractivity contribution in [3.63, 3.8) is 0 Å². The van der Waals surface area contributed by atoms with Crippen LogP contribution in [0.15, 0.2) is 12.1 Å². The minimum atomic E-state index is 0.258. The van der Waals surface area contributed by atoms with Gasteiger partial charge in [-0.3, -0.25) is 0 Å². The average molecular weight is 191 g/mol. The fraction of sp³-hybridized carbons (Fsp3) is 0.417. The molecule has 1 aromatic carbocycles. The van der Waals surface area contributed by atoms with Crippen molar-refractivity contribution in [1.82, 2.24) is 0 Å². The predicted molar refractivity (Wildman–Crippen MR) is 59.4 cm³/mol. The Hall–Kier alpha value is -1.31. The highest BCUT2D eigenvalue weighted by Crippen LogP contribution is 2.25. The van der Waals surface area contributed by atoms with Crippen LogP contribution in [0.4, 0.5) is 5.69 Å². The van der Waals surface area contributed by atoms with Gasteiger partial charge >= 0.3 is 0 Å². The van der Waals surface area contributed by atoms with Gasteiger partial charge in [-0.25, -0.2) is 0 Å². The SMILES string of the molecule is Cc1cc(C(C)CC=O)cc(N)c1C. The van der Waals surface area contributed by atoms with E-state index in [1.165, 1.54) is 5.56 Å². The maximum absolute atomic E-state index is 10.4. The van der Waals surface area contributed by atoms with Crippen molar-refractivity contribution in [3.8, 4) is 0 Å². The fourth-order valence-electron chi connectivity index (χ4n) is 1.48. The van der Waals surface area contributed by atoms with Crippen molar-refractivity contribution in [2.45, 2.75) is 33.1 Å². The molecule has 14 heavy (non-hydrogen) atoms. The summed E-state index contributed by atoms with van der Waals surface area (Å²) in [5.74, 6) is 0.258. The number of hydrogen-bond acceptors (Lipinski definition) is 2. The summed E-state index contributed by atoms with van der Waals surface area (Å²) in [4.78, 5) is 10.4. The average Bonchev–Trinajstić information content (AvgIpc) is 2.13. The zero-order chi connectivity index (χ0) is 10.7. The number of hydrogen-bond donors (Lipinski definition) is 1. The summed E-state index contributed by atoms with van der Waals surface area (Å²) in [6.07, 6.45) is 1.51. The van der Waals surface area contributed by atoms with Crippen molar-refractivity contribution < 1.29 is 4.79 Å². The summed E-state index contributed by atoms with van der Waals surface area (Å²) < 4.78 is 0. The summed E-state index contributed by atoms with van der Waals surface area (Å²) >= 11 is 0. The standard InChI is InChI=1S/C12H17NO/c1-8(4-5-14)11-6-9(2)10(3)12(13)7-11/h5-8H,4,13H2,1-3H3. The van der Waals surface area contributed by atoms with Crippen molar-refractivity contribution in [1.29, 1.82) is 0 Å². The third kappa shape index (κ3) is 2.13. The van der Waals surface area contributed by atoms with Gasteiger partial charge in [-0.15, -0.1) is 0 Å². The van der Waals surface area contributed by atoms with Crippen LogP contribution in [0.2, 0.25) is 0 Å². The van der Waals surface area contributed by atoms with Crippen LogP contribution in [0.3, 0.4) is 0 Å². The fourth-order valence-corrected chi connectivity index (χ4v) is 1.48. The number of carbonyl (C=O) groups is 1. The number of aryl methyl sites for hydroxylation is 1. The molecule has 0 saturated carbocycles. The van der Waals surface area contributed by atoms with Crippen LogP contribution in [0.25, 0.3) is 0 Å². The lowest BCUT2D eigenvalue weighted by Gasteiger charge is -2.12. The number of nitrogen functional groups attached to an aromatic ring is 1. The number of rotatable bonds is 3. The molecule has 0 fully saturated rings. The summed E-state index contributed by atoms with van der Waals surface area (Å²) in [6.45, 7) is 6.10. The molecule has 1 rings (SSSR count). The first-order chi connectivity index (χ1) is 6.56. The second kappa shape index (κ2) is 4.27. The maximum Gasteiger partial charge on any atom is 0.120 e. The lowest BCUT2D eigenvalue weighted by molar-refractivity contribution is -0.108. The normalized spacial score (nSPS) is 12.5. The first kappa shape index (κ1) is 10.8. The van der Waals surface area contributed by atoms with Gasteiger partial charge in [0.1, 0.15) is 6.29 Å². The molecule has 0 bridgehead atoms. The van der Waals surface area contributed by atoms with Crippen molar-refractivity contribution in [3.05, 3.63) is 28.8 Å². The molecule has 1 unspecified atom stereocenters. The largest absolute Gasteiger partial charge is 0.398 e. The molecule has 0 spiro atoms. The van der Waals surface area contributed by atoms with Gasteiger partial charge in [-0.1, -0.05) is 13.0 Å². The Morgan fingerprint density at radius 2 is 2.07 bits per heavy atom. The van der Waals surface area contributed by atoms with E-state index in [0.29, 0.717) is 6.42 Å². The zero-order valence-electron chi connectivity index (χ0n) is 9.00. The number of nitrogens with two attached hydrogens (primary N) is 1. The summed E-state index contributed by atoms with van der Waals surface area (Å²) in [5.41, 5.74) is 10.2. The van der Waals surface area contributed by atoms with Crippen molar-refractivity contribution in [2.75, 3.05) is 5.73 Å². The van der Waals surface area contributed by atoms with Gasteiger partial charge in [-0.2, -0.15) is 0 Å². The van der Waals surface area contributed by atoms with Gasteiger partial charge < -0.3 is 10.5 Å². The maximum atomic E-state index is 10.4. The van der Waals surface area contributed by atoms with E-state index in [4.69, 9.17) is 5.73 Å². The Labute approximate surface area is 85.1 Å².